The summed E-state index contributed by atoms with van der Waals surface area (Å²) in [5.41, 5.74) is 3.70. The number of rotatable bonds is 9. The van der Waals surface area contributed by atoms with Crippen LogP contribution in [0.1, 0.15) is 67.1 Å². The van der Waals surface area contributed by atoms with Gasteiger partial charge >= 0.3 is 0 Å². The lowest BCUT2D eigenvalue weighted by Crippen LogP contribution is -2.43. The van der Waals surface area contributed by atoms with Gasteiger partial charge in [0.05, 0.1) is 12.6 Å². The van der Waals surface area contributed by atoms with Gasteiger partial charge in [0.1, 0.15) is 11.6 Å². The van der Waals surface area contributed by atoms with Gasteiger partial charge in [-0.2, -0.15) is 0 Å². The molecule has 7 heteroatoms. The number of likely N-dealkylation sites (tertiary alicyclic amines) is 1. The molecule has 2 atom stereocenters. The molecule has 2 aliphatic rings. The van der Waals surface area contributed by atoms with Gasteiger partial charge in [-0.3, -0.25) is 4.90 Å². The maximum absolute atomic E-state index is 15.8. The summed E-state index contributed by atoms with van der Waals surface area (Å²) in [4.78, 5) is 7.27. The van der Waals surface area contributed by atoms with E-state index in [1.165, 1.54) is 17.0 Å². The molecule has 0 bridgehead atoms. The van der Waals surface area contributed by atoms with Crippen molar-refractivity contribution < 1.29 is 17.6 Å². The third kappa shape index (κ3) is 5.55. The highest BCUT2D eigenvalue weighted by Crippen LogP contribution is 2.42. The van der Waals surface area contributed by atoms with Crippen molar-refractivity contribution in [3.05, 3.63) is 76.5 Å². The lowest BCUT2D eigenvalue weighted by atomic mass is 9.89. The van der Waals surface area contributed by atoms with Gasteiger partial charge in [0, 0.05) is 42.2 Å². The van der Waals surface area contributed by atoms with Crippen LogP contribution in [0.2, 0.25) is 0 Å². The van der Waals surface area contributed by atoms with E-state index in [4.69, 9.17) is 0 Å². The Kier molecular flexibility index (Phi) is 7.70. The molecule has 3 heterocycles. The lowest BCUT2D eigenvalue weighted by molar-refractivity contribution is -0.0248. The summed E-state index contributed by atoms with van der Waals surface area (Å²) in [5.74, 6) is -3.99. The molecule has 1 fully saturated rings. The number of fused-ring (bicyclic) bond motifs is 3. The summed E-state index contributed by atoms with van der Waals surface area (Å²) in [6.07, 6.45) is 6.18. The van der Waals surface area contributed by atoms with Crippen LogP contribution in [0.5, 0.6) is 0 Å². The predicted octanol–water partition coefficient (Wildman–Crippen LogP) is 7.36. The quantitative estimate of drug-likeness (QED) is 0.294. The second kappa shape index (κ2) is 10.9. The number of unbranched alkanes of at least 4 members (excludes halogenated alkanes) is 1. The van der Waals surface area contributed by atoms with Gasteiger partial charge in [-0.25, -0.2) is 17.6 Å². The van der Waals surface area contributed by atoms with E-state index in [0.717, 1.165) is 67.9 Å². The largest absolute Gasteiger partial charge is 0.357 e. The third-order valence-corrected chi connectivity index (χ3v) is 8.10. The molecule has 38 heavy (non-hydrogen) atoms. The number of alkyl halides is 2. The van der Waals surface area contributed by atoms with Crippen LogP contribution in [0.3, 0.4) is 0 Å². The van der Waals surface area contributed by atoms with Gasteiger partial charge in [0.25, 0.3) is 5.92 Å². The molecule has 0 aliphatic carbocycles. The Morgan fingerprint density at radius 3 is 2.58 bits per heavy atom. The molecule has 1 N–H and O–H groups in total. The molecular formula is C31H37F4N3. The monoisotopic (exact) mass is 527 g/mol. The molecule has 0 saturated carbocycles. The van der Waals surface area contributed by atoms with E-state index in [0.29, 0.717) is 30.0 Å². The molecule has 1 saturated heterocycles. The Hall–Kier alpha value is -2.64. The van der Waals surface area contributed by atoms with E-state index in [1.54, 1.807) is 6.08 Å². The third-order valence-electron chi connectivity index (χ3n) is 8.10. The number of nitrogens with zero attached hydrogens (tertiary/aromatic N) is 2. The van der Waals surface area contributed by atoms with Crippen LogP contribution >= 0.6 is 0 Å². The fourth-order valence-electron chi connectivity index (χ4n) is 6.36. The second-order valence-corrected chi connectivity index (χ2v) is 11.2. The predicted molar refractivity (Wildman–Crippen MR) is 146 cm³/mol. The van der Waals surface area contributed by atoms with E-state index in [2.05, 4.69) is 23.4 Å². The highest BCUT2D eigenvalue weighted by molar-refractivity contribution is 5.87. The topological polar surface area (TPSA) is 22.3 Å². The van der Waals surface area contributed by atoms with Crippen LogP contribution in [0, 0.1) is 17.6 Å². The van der Waals surface area contributed by atoms with Crippen molar-refractivity contribution in [2.75, 3.05) is 32.7 Å². The minimum absolute atomic E-state index is 0.162. The van der Waals surface area contributed by atoms with Crippen molar-refractivity contribution in [3.63, 3.8) is 0 Å². The highest BCUT2D eigenvalue weighted by Gasteiger charge is 2.39. The van der Waals surface area contributed by atoms with E-state index in [9.17, 15) is 8.78 Å². The van der Waals surface area contributed by atoms with Crippen molar-refractivity contribution >= 4 is 17.0 Å². The molecule has 5 rings (SSSR count). The van der Waals surface area contributed by atoms with Gasteiger partial charge in [0.15, 0.2) is 0 Å². The van der Waals surface area contributed by atoms with Gasteiger partial charge in [-0.1, -0.05) is 38.1 Å². The first-order chi connectivity index (χ1) is 18.2. The summed E-state index contributed by atoms with van der Waals surface area (Å²) >= 11 is 0. The Balaban J connectivity index is 1.49. The zero-order valence-electron chi connectivity index (χ0n) is 22.3. The van der Waals surface area contributed by atoms with E-state index in [-0.39, 0.29) is 12.1 Å². The molecule has 3 aromatic rings. The number of H-pyrrole nitrogens is 1. The average molecular weight is 528 g/mol. The van der Waals surface area contributed by atoms with Crippen LogP contribution < -0.4 is 0 Å². The Morgan fingerprint density at radius 1 is 1.13 bits per heavy atom. The SMILES string of the molecule is C=Cc1ccc2c3c([nH]c2c1)C(c1c(F)cc(CC2CCN(CCCC)C2)cc1F)N(CC(C)(F)F)CC3. The molecule has 0 amide bonds. The molecule has 2 aromatic carbocycles. The standard InChI is InChI=1S/C31H37F4N3/c1-4-6-11-37-12-9-21(18-37)14-22-15-25(32)28(26(33)16-22)30-29-24(10-13-38(30)19-31(3,34)35)23-8-7-20(5-2)17-27(23)36-29/h5,7-8,15-17,21,30,36H,2,4,6,9-14,18-19H2,1,3H3. The summed E-state index contributed by atoms with van der Waals surface area (Å²) in [7, 11) is 0. The minimum atomic E-state index is -3.00. The number of nitrogens with one attached hydrogen (secondary N) is 1. The molecule has 2 unspecified atom stereocenters. The smallest absolute Gasteiger partial charge is 0.257 e. The summed E-state index contributed by atoms with van der Waals surface area (Å²) < 4.78 is 60.0. The lowest BCUT2D eigenvalue weighted by Gasteiger charge is -2.37. The average Bonchev–Trinajstić information content (AvgIpc) is 3.45. The maximum atomic E-state index is 15.8. The molecule has 2 aliphatic heterocycles. The molecule has 0 spiro atoms. The van der Waals surface area contributed by atoms with E-state index in [1.807, 2.05) is 18.2 Å². The summed E-state index contributed by atoms with van der Waals surface area (Å²) in [6, 6.07) is 7.70. The van der Waals surface area contributed by atoms with Gasteiger partial charge < -0.3 is 9.88 Å². The number of hydrogen-bond donors (Lipinski definition) is 1. The summed E-state index contributed by atoms with van der Waals surface area (Å²) in [5, 5.41) is 0.949. The number of aromatic amines is 1. The highest BCUT2D eigenvalue weighted by atomic mass is 19.3. The Morgan fingerprint density at radius 2 is 1.89 bits per heavy atom. The minimum Gasteiger partial charge on any atom is -0.357 e. The van der Waals surface area contributed by atoms with Crippen LogP contribution in [0.25, 0.3) is 17.0 Å². The molecule has 204 valence electrons. The number of halogens is 4. The fraction of sp³-hybridized carbons (Fsp3) is 0.484. The van der Waals surface area contributed by atoms with Gasteiger partial charge in [-0.15, -0.1) is 0 Å². The van der Waals surface area contributed by atoms with Crippen molar-refractivity contribution in [1.82, 2.24) is 14.8 Å². The molecule has 0 radical (unpaired) electrons. The van der Waals surface area contributed by atoms with Crippen LogP contribution in [-0.4, -0.2) is 53.4 Å². The number of hydrogen-bond acceptors (Lipinski definition) is 2. The summed E-state index contributed by atoms with van der Waals surface area (Å²) in [6.45, 7) is 9.57. The van der Waals surface area contributed by atoms with Gasteiger partial charge in [-0.05, 0) is 79.6 Å². The van der Waals surface area contributed by atoms with Crippen molar-refractivity contribution in [2.24, 2.45) is 5.92 Å². The molecular weight excluding hydrogens is 490 g/mol. The number of aromatic nitrogens is 1. The zero-order chi connectivity index (χ0) is 27.0. The van der Waals surface area contributed by atoms with Crippen LogP contribution in [-0.2, 0) is 12.8 Å². The van der Waals surface area contributed by atoms with Crippen molar-refractivity contribution in [1.29, 1.82) is 0 Å². The maximum Gasteiger partial charge on any atom is 0.257 e. The van der Waals surface area contributed by atoms with E-state index < -0.39 is 30.1 Å². The first-order valence-corrected chi connectivity index (χ1v) is 13.8. The van der Waals surface area contributed by atoms with E-state index >= 15 is 8.78 Å². The Labute approximate surface area is 222 Å². The number of benzene rings is 2. The second-order valence-electron chi connectivity index (χ2n) is 11.2. The fourth-order valence-corrected chi connectivity index (χ4v) is 6.36. The van der Waals surface area contributed by atoms with Crippen LogP contribution in [0.4, 0.5) is 17.6 Å². The van der Waals surface area contributed by atoms with Crippen molar-refractivity contribution in [3.8, 4) is 0 Å². The Bertz CT molecular complexity index is 1290. The first-order valence-electron chi connectivity index (χ1n) is 13.8. The normalized spacial score (nSPS) is 20.8. The zero-order valence-corrected chi connectivity index (χ0v) is 22.3. The van der Waals surface area contributed by atoms with Gasteiger partial charge in [0.2, 0.25) is 0 Å². The van der Waals surface area contributed by atoms with Crippen molar-refractivity contribution in [2.45, 2.75) is 57.9 Å². The first kappa shape index (κ1) is 26.9. The van der Waals surface area contributed by atoms with Crippen LogP contribution in [0.15, 0.2) is 36.9 Å². The molecule has 1 aromatic heterocycles. The molecule has 3 nitrogen and oxygen atoms in total.